The van der Waals surface area contributed by atoms with Crippen LogP contribution in [0.3, 0.4) is 0 Å². The minimum atomic E-state index is -0.384. The van der Waals surface area contributed by atoms with Crippen molar-refractivity contribution in [3.05, 3.63) is 41.5 Å². The zero-order chi connectivity index (χ0) is 29.5. The molecule has 0 spiro atoms. The fourth-order valence-corrected chi connectivity index (χ4v) is 6.86. The predicted molar refractivity (Wildman–Crippen MR) is 159 cm³/mol. The number of aromatic nitrogens is 4. The van der Waals surface area contributed by atoms with E-state index in [9.17, 15) is 9.59 Å². The number of nitrogens with one attached hydrogen (secondary N) is 1. The number of Topliss-reactive ketones (excluding diaryl/α,β-unsaturated/α-hetero) is 1. The van der Waals surface area contributed by atoms with Gasteiger partial charge >= 0.3 is 0 Å². The number of fused-ring (bicyclic) bond motifs is 3. The van der Waals surface area contributed by atoms with Crippen LogP contribution in [0.25, 0.3) is 16.8 Å². The van der Waals surface area contributed by atoms with Crippen LogP contribution in [0.2, 0.25) is 0 Å². The van der Waals surface area contributed by atoms with Gasteiger partial charge in [-0.05, 0) is 45.1 Å². The summed E-state index contributed by atoms with van der Waals surface area (Å²) in [7, 11) is 1.68. The van der Waals surface area contributed by atoms with E-state index in [2.05, 4.69) is 37.1 Å². The number of carbonyl (C=O) groups excluding carboxylic acids is 2. The van der Waals surface area contributed by atoms with Gasteiger partial charge in [0.05, 0.1) is 35.4 Å². The van der Waals surface area contributed by atoms with Crippen molar-refractivity contribution in [2.75, 3.05) is 19.3 Å². The van der Waals surface area contributed by atoms with E-state index in [1.165, 1.54) is 11.4 Å². The largest absolute Gasteiger partial charge is 0.383 e. The van der Waals surface area contributed by atoms with Crippen molar-refractivity contribution < 1.29 is 9.59 Å². The van der Waals surface area contributed by atoms with Gasteiger partial charge in [-0.1, -0.05) is 13.0 Å². The van der Waals surface area contributed by atoms with Crippen LogP contribution in [0.15, 0.2) is 39.7 Å². The van der Waals surface area contributed by atoms with Crippen LogP contribution < -0.4 is 5.73 Å². The summed E-state index contributed by atoms with van der Waals surface area (Å²) < 4.78 is 1.52. The highest BCUT2D eigenvalue weighted by Gasteiger charge is 2.48. The molecule has 6 rings (SSSR count). The summed E-state index contributed by atoms with van der Waals surface area (Å²) in [5.74, 6) is 0.350. The van der Waals surface area contributed by atoms with Gasteiger partial charge in [-0.3, -0.25) is 14.6 Å². The third kappa shape index (κ3) is 4.68. The number of ketones is 1. The number of aliphatic imine (C=N–C) groups is 1. The highest BCUT2D eigenvalue weighted by molar-refractivity contribution is 6.04. The molecule has 0 aromatic carbocycles. The number of anilines is 1. The molecule has 3 N–H and O–H groups in total. The molecule has 6 heterocycles. The van der Waals surface area contributed by atoms with Crippen molar-refractivity contribution in [2.24, 2.45) is 21.1 Å². The van der Waals surface area contributed by atoms with Gasteiger partial charge in [-0.25, -0.2) is 4.98 Å². The van der Waals surface area contributed by atoms with Gasteiger partial charge in [-0.15, -0.1) is 0 Å². The summed E-state index contributed by atoms with van der Waals surface area (Å²) in [4.78, 5) is 42.1. The average molecular weight is 569 g/mol. The van der Waals surface area contributed by atoms with E-state index in [1.54, 1.807) is 31.7 Å². The molecule has 3 aliphatic rings. The van der Waals surface area contributed by atoms with Gasteiger partial charge < -0.3 is 21.0 Å². The number of nitrogens with zero attached hydrogens (tertiary/aromatic N) is 8. The van der Waals surface area contributed by atoms with E-state index < -0.39 is 0 Å². The van der Waals surface area contributed by atoms with Crippen LogP contribution in [-0.4, -0.2) is 79.8 Å². The van der Waals surface area contributed by atoms with Crippen LogP contribution in [0.4, 0.5) is 5.82 Å². The maximum Gasteiger partial charge on any atom is 0.250 e. The van der Waals surface area contributed by atoms with Gasteiger partial charge in [0, 0.05) is 60.9 Å². The fourth-order valence-electron chi connectivity index (χ4n) is 6.86. The molecule has 12 heteroatoms. The first-order chi connectivity index (χ1) is 20.3. The van der Waals surface area contributed by atoms with Crippen LogP contribution in [0.5, 0.6) is 0 Å². The minimum absolute atomic E-state index is 0.0196. The van der Waals surface area contributed by atoms with Crippen molar-refractivity contribution in [3.63, 3.8) is 0 Å². The summed E-state index contributed by atoms with van der Waals surface area (Å²) in [6, 6.07) is 3.45. The summed E-state index contributed by atoms with van der Waals surface area (Å²) in [5, 5.41) is 21.2. The Morgan fingerprint density at radius 2 is 1.95 bits per heavy atom. The number of amides is 1. The van der Waals surface area contributed by atoms with Crippen LogP contribution >= 0.6 is 0 Å². The molecule has 2 bridgehead atoms. The summed E-state index contributed by atoms with van der Waals surface area (Å²) in [6.45, 7) is 4.21. The topological polar surface area (TPSA) is 167 Å². The van der Waals surface area contributed by atoms with Crippen LogP contribution in [0, 0.1) is 11.3 Å². The molecule has 0 saturated carbocycles. The van der Waals surface area contributed by atoms with Crippen molar-refractivity contribution >= 4 is 35.1 Å². The Morgan fingerprint density at radius 1 is 1.19 bits per heavy atom. The maximum absolute atomic E-state index is 13.6. The Kier molecular flexibility index (Phi) is 7.38. The maximum atomic E-state index is 13.6. The molecule has 0 radical (unpaired) electrons. The number of nitrogens with two attached hydrogens (primary N) is 1. The van der Waals surface area contributed by atoms with Crippen molar-refractivity contribution in [3.8, 4) is 11.1 Å². The van der Waals surface area contributed by atoms with Gasteiger partial charge in [0.1, 0.15) is 5.82 Å². The Morgan fingerprint density at radius 3 is 2.60 bits per heavy atom. The van der Waals surface area contributed by atoms with E-state index in [-0.39, 0.29) is 47.5 Å². The fraction of sp³-hybridized carbons (Fsp3) is 0.500. The molecule has 1 amide bonds. The second-order valence-electron chi connectivity index (χ2n) is 11.5. The number of hydrogen-bond acceptors (Lipinski definition) is 10. The van der Waals surface area contributed by atoms with E-state index in [1.807, 2.05) is 6.07 Å². The summed E-state index contributed by atoms with van der Waals surface area (Å²) in [5.41, 5.74) is 10.7. The molecular weight excluding hydrogens is 532 g/mol. The summed E-state index contributed by atoms with van der Waals surface area (Å²) in [6.07, 6.45) is 9.64. The molecule has 3 aromatic heterocycles. The Balaban J connectivity index is 1.33. The first-order valence-corrected chi connectivity index (χ1v) is 14.6. The second-order valence-corrected chi connectivity index (χ2v) is 11.5. The zero-order valence-electron chi connectivity index (χ0n) is 24.2. The molecule has 2 saturated heterocycles. The number of azo groups is 1. The zero-order valence-corrected chi connectivity index (χ0v) is 24.2. The quantitative estimate of drug-likeness (QED) is 0.306. The molecule has 12 nitrogen and oxygen atoms in total. The lowest BCUT2D eigenvalue weighted by atomic mass is 9.84. The molecule has 3 aliphatic heterocycles. The van der Waals surface area contributed by atoms with E-state index in [0.717, 1.165) is 30.4 Å². The molecule has 2 fully saturated rings. The number of carbonyl (C=O) groups is 2. The number of nitrogen functional groups attached to an aromatic ring is 1. The standard InChI is InChI=1S/C30H36N10O2/c1-4-17-14-35-38-27(17)30(42)39-20-6-7-21(39)12-19(11-20)26-25(16(2)41)28(32)40-29(37-26)22(15-36-40)18-5-8-24(34-13-18)23(31)9-10-33-3/h5,8,10,13,15,17,19-21,27,31H,4,6-7,9,11-12,14,32H2,1-3H3. The molecule has 218 valence electrons. The lowest BCUT2D eigenvalue weighted by Crippen LogP contribution is -2.51. The Bertz CT molecular complexity index is 1590. The van der Waals surface area contributed by atoms with Crippen LogP contribution in [-0.2, 0) is 4.79 Å². The smallest absolute Gasteiger partial charge is 0.250 e. The lowest BCUT2D eigenvalue weighted by molar-refractivity contribution is -0.138. The first kappa shape index (κ1) is 27.8. The highest BCUT2D eigenvalue weighted by Crippen LogP contribution is 2.45. The number of pyridine rings is 1. The van der Waals surface area contributed by atoms with Crippen molar-refractivity contribution in [1.82, 2.24) is 24.5 Å². The Hall–Kier alpha value is -4.35. The van der Waals surface area contributed by atoms with Gasteiger partial charge in [0.15, 0.2) is 17.5 Å². The Labute approximate surface area is 244 Å². The molecule has 3 aromatic rings. The number of hydrogen-bond donors (Lipinski definition) is 2. The molecule has 4 unspecified atom stereocenters. The number of piperidine rings is 1. The normalized spacial score (nSPS) is 25.1. The van der Waals surface area contributed by atoms with Crippen molar-refractivity contribution in [2.45, 2.75) is 76.4 Å². The highest BCUT2D eigenvalue weighted by atomic mass is 16.2. The van der Waals surface area contributed by atoms with Crippen molar-refractivity contribution in [1.29, 1.82) is 5.41 Å². The predicted octanol–water partition coefficient (Wildman–Crippen LogP) is 4.13. The molecule has 0 aliphatic carbocycles. The molecule has 4 atom stereocenters. The number of rotatable bonds is 8. The van der Waals surface area contributed by atoms with Gasteiger partial charge in [-0.2, -0.15) is 19.8 Å². The van der Waals surface area contributed by atoms with E-state index in [0.29, 0.717) is 54.1 Å². The third-order valence-corrected chi connectivity index (χ3v) is 9.04. The molecular formula is C30H36N10O2. The van der Waals surface area contributed by atoms with Gasteiger partial charge in [0.2, 0.25) is 5.91 Å². The average Bonchev–Trinajstić information content (AvgIpc) is 3.71. The first-order valence-electron chi connectivity index (χ1n) is 14.6. The van der Waals surface area contributed by atoms with E-state index >= 15 is 0 Å². The van der Waals surface area contributed by atoms with E-state index in [4.69, 9.17) is 16.1 Å². The monoisotopic (exact) mass is 568 g/mol. The second kappa shape index (κ2) is 11.1. The minimum Gasteiger partial charge on any atom is -0.383 e. The van der Waals surface area contributed by atoms with Crippen LogP contribution in [0.1, 0.15) is 80.0 Å². The lowest BCUT2D eigenvalue weighted by Gasteiger charge is -2.40. The third-order valence-electron chi connectivity index (χ3n) is 9.04. The SMILES string of the molecule is CCC1CN=NC1C(=O)N1C2CCC1CC(c1nc3c(-c4ccc(C(=N)CC=NC)nc4)cnn3c(N)c1C(C)=O)C2. The summed E-state index contributed by atoms with van der Waals surface area (Å²) >= 11 is 0. The molecule has 42 heavy (non-hydrogen) atoms. The van der Waals surface area contributed by atoms with Gasteiger partial charge in [0.25, 0.3) is 0 Å².